The minimum atomic E-state index is -0.410. The zero-order valence-corrected chi connectivity index (χ0v) is 13.5. The number of allylic oxidation sites excluding steroid dienone is 6. The van der Waals surface area contributed by atoms with Crippen molar-refractivity contribution >= 4 is 15.9 Å². The van der Waals surface area contributed by atoms with E-state index in [0.717, 1.165) is 11.1 Å². The Morgan fingerprint density at radius 1 is 1.65 bits per heavy atom. The predicted molar refractivity (Wildman–Crippen MR) is 87.3 cm³/mol. The summed E-state index contributed by atoms with van der Waals surface area (Å²) >= 11 is 3.28. The molecule has 0 fully saturated rings. The van der Waals surface area contributed by atoms with E-state index in [0.29, 0.717) is 17.3 Å². The van der Waals surface area contributed by atoms with Crippen LogP contribution in [-0.4, -0.2) is 16.3 Å². The number of hydrogen-bond acceptors (Lipinski definition) is 2. The molecule has 1 aliphatic rings. The van der Waals surface area contributed by atoms with Gasteiger partial charge < -0.3 is 10.2 Å². The van der Waals surface area contributed by atoms with Crippen LogP contribution in [0, 0.1) is 24.2 Å². The zero-order valence-electron chi connectivity index (χ0n) is 11.9. The van der Waals surface area contributed by atoms with Crippen LogP contribution >= 0.6 is 15.9 Å². The molecule has 1 aliphatic carbocycles. The minimum Gasteiger partial charge on any atom is -0.512 e. The largest absolute Gasteiger partial charge is 0.512 e. The van der Waals surface area contributed by atoms with Gasteiger partial charge in [-0.15, -0.1) is 6.42 Å². The highest BCUT2D eigenvalue weighted by Gasteiger charge is 2.29. The van der Waals surface area contributed by atoms with Gasteiger partial charge in [0.2, 0.25) is 0 Å². The van der Waals surface area contributed by atoms with Gasteiger partial charge in [0.05, 0.1) is 11.9 Å². The smallest absolute Gasteiger partial charge is 0.0940 e. The van der Waals surface area contributed by atoms with Crippen LogP contribution in [0.15, 0.2) is 46.2 Å². The summed E-state index contributed by atoms with van der Waals surface area (Å²) in [4.78, 5) is 0. The maximum atomic E-state index is 10.1. The van der Waals surface area contributed by atoms with E-state index in [9.17, 15) is 10.2 Å². The Balaban J connectivity index is 2.90. The molecule has 0 radical (unpaired) electrons. The first kappa shape index (κ1) is 16.8. The molecule has 3 atom stereocenters. The molecule has 0 spiro atoms. The Bertz CT molecular complexity index is 506. The van der Waals surface area contributed by atoms with Crippen LogP contribution in [0.2, 0.25) is 0 Å². The lowest BCUT2D eigenvalue weighted by atomic mass is 9.74. The molecule has 0 heterocycles. The third-order valence-electron chi connectivity index (χ3n) is 3.60. The molecule has 2 nitrogen and oxygen atoms in total. The highest BCUT2D eigenvalue weighted by Crippen LogP contribution is 2.36. The van der Waals surface area contributed by atoms with E-state index in [1.807, 2.05) is 19.9 Å². The number of rotatable bonds is 4. The normalized spacial score (nSPS) is 27.8. The Kier molecular flexibility index (Phi) is 6.32. The number of halogens is 1. The van der Waals surface area contributed by atoms with Gasteiger partial charge in [0.25, 0.3) is 0 Å². The molecule has 0 aliphatic heterocycles. The van der Waals surface area contributed by atoms with Crippen molar-refractivity contribution in [2.45, 2.75) is 32.8 Å². The Hall–Kier alpha value is -1.24. The number of aliphatic hydroxyl groups excluding tert-OH is 2. The van der Waals surface area contributed by atoms with Crippen molar-refractivity contribution in [1.29, 1.82) is 0 Å². The molecule has 1 rings (SSSR count). The first-order valence-electron chi connectivity index (χ1n) is 6.58. The first-order chi connectivity index (χ1) is 9.35. The highest BCUT2D eigenvalue weighted by atomic mass is 79.9. The maximum absolute atomic E-state index is 10.1. The van der Waals surface area contributed by atoms with Crippen molar-refractivity contribution in [3.05, 3.63) is 46.2 Å². The van der Waals surface area contributed by atoms with Crippen LogP contribution < -0.4 is 0 Å². The molecule has 1 unspecified atom stereocenters. The van der Waals surface area contributed by atoms with E-state index in [4.69, 9.17) is 6.42 Å². The molecule has 108 valence electrons. The van der Waals surface area contributed by atoms with Gasteiger partial charge in [-0.1, -0.05) is 40.1 Å². The van der Waals surface area contributed by atoms with Gasteiger partial charge in [0, 0.05) is 17.0 Å². The molecule has 0 aromatic rings. The highest BCUT2D eigenvalue weighted by molar-refractivity contribution is 9.11. The predicted octanol–water partition coefficient (Wildman–Crippen LogP) is 4.25. The third-order valence-corrected chi connectivity index (χ3v) is 4.06. The van der Waals surface area contributed by atoms with Crippen molar-refractivity contribution in [3.8, 4) is 12.3 Å². The second-order valence-electron chi connectivity index (χ2n) is 5.31. The fraction of sp³-hybridized carbons (Fsp3) is 0.412. The molecular formula is C17H21BrO2. The van der Waals surface area contributed by atoms with Crippen LogP contribution in [0.1, 0.15) is 26.7 Å². The van der Waals surface area contributed by atoms with Gasteiger partial charge in [0.1, 0.15) is 0 Å². The summed E-state index contributed by atoms with van der Waals surface area (Å²) in [5.41, 5.74) is 1.99. The number of terminal acetylenes is 1. The summed E-state index contributed by atoms with van der Waals surface area (Å²) in [6, 6.07) is 0. The van der Waals surface area contributed by atoms with Gasteiger partial charge in [-0.05, 0) is 43.8 Å². The summed E-state index contributed by atoms with van der Waals surface area (Å²) in [5, 5.41) is 20.0. The molecule has 2 N–H and O–H groups in total. The molecule has 0 bridgehead atoms. The molecule has 0 saturated carbocycles. The van der Waals surface area contributed by atoms with Crippen molar-refractivity contribution in [1.82, 2.24) is 0 Å². The summed E-state index contributed by atoms with van der Waals surface area (Å²) in [5.74, 6) is 2.99. The second-order valence-corrected chi connectivity index (χ2v) is 6.23. The van der Waals surface area contributed by atoms with E-state index in [1.54, 1.807) is 6.08 Å². The molecule has 0 aromatic heterocycles. The lowest BCUT2D eigenvalue weighted by Crippen LogP contribution is -2.27. The molecule has 0 saturated heterocycles. The molecule has 0 amide bonds. The van der Waals surface area contributed by atoms with Gasteiger partial charge in [-0.25, -0.2) is 0 Å². The van der Waals surface area contributed by atoms with Crippen molar-refractivity contribution in [2.75, 3.05) is 0 Å². The van der Waals surface area contributed by atoms with E-state index in [1.165, 1.54) is 6.08 Å². The van der Waals surface area contributed by atoms with E-state index in [2.05, 4.69) is 28.4 Å². The Morgan fingerprint density at radius 2 is 2.30 bits per heavy atom. The van der Waals surface area contributed by atoms with Crippen molar-refractivity contribution in [2.24, 2.45) is 11.8 Å². The maximum Gasteiger partial charge on any atom is 0.0940 e. The lowest BCUT2D eigenvalue weighted by molar-refractivity contribution is 0.155. The minimum absolute atomic E-state index is 0.151. The van der Waals surface area contributed by atoms with E-state index < -0.39 is 6.10 Å². The summed E-state index contributed by atoms with van der Waals surface area (Å²) in [7, 11) is 0. The van der Waals surface area contributed by atoms with Gasteiger partial charge in [0.15, 0.2) is 0 Å². The summed E-state index contributed by atoms with van der Waals surface area (Å²) < 4.78 is 0.668. The summed E-state index contributed by atoms with van der Waals surface area (Å²) in [6.45, 7) is 7.88. The molecular weight excluding hydrogens is 316 g/mol. The van der Waals surface area contributed by atoms with Crippen LogP contribution in [-0.2, 0) is 0 Å². The fourth-order valence-electron chi connectivity index (χ4n) is 2.51. The van der Waals surface area contributed by atoms with Crippen LogP contribution in [0.5, 0.6) is 0 Å². The third kappa shape index (κ3) is 4.70. The van der Waals surface area contributed by atoms with Gasteiger partial charge >= 0.3 is 0 Å². The average molecular weight is 337 g/mol. The van der Waals surface area contributed by atoms with Crippen molar-refractivity contribution in [3.63, 3.8) is 0 Å². The topological polar surface area (TPSA) is 40.5 Å². The van der Waals surface area contributed by atoms with Crippen LogP contribution in [0.4, 0.5) is 0 Å². The molecule has 20 heavy (non-hydrogen) atoms. The van der Waals surface area contributed by atoms with Gasteiger partial charge in [-0.3, -0.25) is 0 Å². The molecule has 0 aromatic carbocycles. The Morgan fingerprint density at radius 3 is 2.85 bits per heavy atom. The molecule has 3 heteroatoms. The van der Waals surface area contributed by atoms with E-state index in [-0.39, 0.29) is 17.6 Å². The summed E-state index contributed by atoms with van der Waals surface area (Å²) in [6.07, 6.45) is 11.1. The quantitative estimate of drug-likeness (QED) is 0.348. The van der Waals surface area contributed by atoms with E-state index >= 15 is 0 Å². The average Bonchev–Trinajstić information content (AvgIpc) is 2.33. The first-order valence-corrected chi connectivity index (χ1v) is 7.37. The van der Waals surface area contributed by atoms with Crippen LogP contribution in [0.25, 0.3) is 0 Å². The number of aliphatic hydroxyl groups is 2. The van der Waals surface area contributed by atoms with Crippen molar-refractivity contribution < 1.29 is 10.2 Å². The SMILES string of the molecule is C#C/C=C(Br)\C=C(\O)C[C@@H]1C=C(C)C(O)C[C@H]1C(=C)C. The second kappa shape index (κ2) is 7.52. The standard InChI is InChI=1S/C17H21BrO2/c1-5-6-14(18)9-15(19)8-13-7-12(4)17(20)10-16(13)11(2)3/h1,6-7,9,13,16-17,19-20H,2,8,10H2,3-4H3/b14-6+,15-9+/t13-,16-,17?/m0/s1. The monoisotopic (exact) mass is 336 g/mol. The number of hydrogen-bond donors (Lipinski definition) is 2. The fourth-order valence-corrected chi connectivity index (χ4v) is 2.91. The lowest BCUT2D eigenvalue weighted by Gasteiger charge is -2.33. The Labute approximate surface area is 129 Å². The zero-order chi connectivity index (χ0) is 15.3. The van der Waals surface area contributed by atoms with Gasteiger partial charge in [-0.2, -0.15) is 0 Å². The van der Waals surface area contributed by atoms with Crippen LogP contribution in [0.3, 0.4) is 0 Å².